The third-order valence-corrected chi connectivity index (χ3v) is 7.70. The van der Waals surface area contributed by atoms with E-state index in [9.17, 15) is 10.1 Å². The molecule has 1 aliphatic heterocycles. The molecule has 1 aliphatic carbocycles. The minimum Gasteiger partial charge on any atom is -0.489 e. The molecule has 0 aromatic heterocycles. The van der Waals surface area contributed by atoms with Crippen molar-refractivity contribution in [3.8, 4) is 11.8 Å². The van der Waals surface area contributed by atoms with Crippen molar-refractivity contribution in [2.24, 2.45) is 11.8 Å². The molecule has 0 unspecified atom stereocenters. The lowest BCUT2D eigenvalue weighted by molar-refractivity contribution is -0.143. The number of hydrogen-bond donors (Lipinski definition) is 1. The van der Waals surface area contributed by atoms with Gasteiger partial charge < -0.3 is 14.7 Å². The Bertz CT molecular complexity index is 996. The van der Waals surface area contributed by atoms with Gasteiger partial charge in [-0.2, -0.15) is 5.26 Å². The average molecular weight is 449 g/mol. The third-order valence-electron chi connectivity index (χ3n) is 7.70. The number of fused-ring (bicyclic) bond motifs is 1. The molecule has 2 aromatic carbocycles. The van der Waals surface area contributed by atoms with Crippen molar-refractivity contribution in [2.45, 2.75) is 70.8 Å². The molecule has 176 valence electrons. The molecule has 2 fully saturated rings. The lowest BCUT2D eigenvalue weighted by atomic mass is 9.86. The van der Waals surface area contributed by atoms with Crippen LogP contribution >= 0.6 is 0 Å². The fourth-order valence-electron chi connectivity index (χ4n) is 5.46. The molecule has 5 heteroatoms. The van der Waals surface area contributed by atoms with E-state index < -0.39 is 5.97 Å². The standard InChI is InChI=1S/C28H36N2O3/c1-2-20-6-10-24(11-7-20)33-27-12-9-22-8-5-21(18-25(22)26(27)19-29)4-3-15-30-16-13-23(14-17-30)28(31)32/h5,8-9,12,18,20,23-24H,2-4,6-7,10-11,13-17H2,1H3,(H,31,32)/t20-,24+. The van der Waals surface area contributed by atoms with Gasteiger partial charge in [-0.1, -0.05) is 31.5 Å². The maximum absolute atomic E-state index is 11.1. The fourth-order valence-corrected chi connectivity index (χ4v) is 5.46. The number of hydrogen-bond acceptors (Lipinski definition) is 4. The molecular formula is C28H36N2O3. The number of carboxylic acid groups (broad SMARTS) is 1. The molecule has 0 spiro atoms. The summed E-state index contributed by atoms with van der Waals surface area (Å²) in [5.74, 6) is 0.715. The quantitative estimate of drug-likeness (QED) is 0.553. The van der Waals surface area contributed by atoms with Gasteiger partial charge in [0.1, 0.15) is 17.4 Å². The van der Waals surface area contributed by atoms with E-state index in [1.165, 1.54) is 24.8 Å². The van der Waals surface area contributed by atoms with Gasteiger partial charge >= 0.3 is 5.97 Å². The Morgan fingerprint density at radius 3 is 2.52 bits per heavy atom. The predicted octanol–water partition coefficient (Wildman–Crippen LogP) is 5.79. The van der Waals surface area contributed by atoms with E-state index in [1.807, 2.05) is 6.07 Å². The van der Waals surface area contributed by atoms with Gasteiger partial charge in [0.15, 0.2) is 0 Å². The maximum Gasteiger partial charge on any atom is 0.306 e. The molecule has 0 atom stereocenters. The van der Waals surface area contributed by atoms with Gasteiger partial charge in [-0.3, -0.25) is 4.79 Å². The number of ether oxygens (including phenoxy) is 1. The highest BCUT2D eigenvalue weighted by molar-refractivity contribution is 5.90. The van der Waals surface area contributed by atoms with E-state index in [1.54, 1.807) is 0 Å². The van der Waals surface area contributed by atoms with Crippen LogP contribution in [0.4, 0.5) is 0 Å². The molecule has 0 radical (unpaired) electrons. The number of nitrogens with zero attached hydrogens (tertiary/aromatic N) is 2. The minimum absolute atomic E-state index is 0.177. The van der Waals surface area contributed by atoms with Crippen LogP contribution in [0, 0.1) is 23.2 Å². The Kier molecular flexibility index (Phi) is 7.88. The zero-order chi connectivity index (χ0) is 23.2. The normalized spacial score (nSPS) is 22.2. The minimum atomic E-state index is -0.656. The fraction of sp³-hybridized carbons (Fsp3) is 0.571. The molecule has 1 saturated heterocycles. The van der Waals surface area contributed by atoms with Crippen molar-refractivity contribution >= 4 is 16.7 Å². The Balaban J connectivity index is 1.38. The predicted molar refractivity (Wildman–Crippen MR) is 130 cm³/mol. The molecule has 33 heavy (non-hydrogen) atoms. The number of benzene rings is 2. The molecule has 1 heterocycles. The van der Waals surface area contributed by atoms with Crippen molar-refractivity contribution in [3.05, 3.63) is 41.5 Å². The molecule has 5 nitrogen and oxygen atoms in total. The van der Waals surface area contributed by atoms with Gasteiger partial charge in [-0.25, -0.2) is 0 Å². The van der Waals surface area contributed by atoms with Crippen molar-refractivity contribution < 1.29 is 14.6 Å². The smallest absolute Gasteiger partial charge is 0.306 e. The van der Waals surface area contributed by atoms with Gasteiger partial charge in [0, 0.05) is 5.39 Å². The monoisotopic (exact) mass is 448 g/mol. The summed E-state index contributed by atoms with van der Waals surface area (Å²) in [6.07, 6.45) is 9.52. The number of likely N-dealkylation sites (tertiary alicyclic amines) is 1. The van der Waals surface area contributed by atoms with Gasteiger partial charge in [0.05, 0.1) is 12.0 Å². The van der Waals surface area contributed by atoms with E-state index in [-0.39, 0.29) is 12.0 Å². The van der Waals surface area contributed by atoms with Crippen LogP contribution in [0.25, 0.3) is 10.8 Å². The molecule has 1 saturated carbocycles. The zero-order valence-corrected chi connectivity index (χ0v) is 19.8. The van der Waals surface area contributed by atoms with Crippen molar-refractivity contribution in [1.29, 1.82) is 5.26 Å². The van der Waals surface area contributed by atoms with Gasteiger partial charge in [-0.05, 0) is 100 Å². The highest BCUT2D eigenvalue weighted by Gasteiger charge is 2.24. The second kappa shape index (κ2) is 11.0. The first-order chi connectivity index (χ1) is 16.1. The van der Waals surface area contributed by atoms with E-state index in [0.717, 1.165) is 80.6 Å². The van der Waals surface area contributed by atoms with E-state index in [0.29, 0.717) is 5.56 Å². The topological polar surface area (TPSA) is 73.6 Å². The molecule has 2 aliphatic rings. The molecule has 2 aromatic rings. The summed E-state index contributed by atoms with van der Waals surface area (Å²) in [5, 5.41) is 21.2. The van der Waals surface area contributed by atoms with Crippen LogP contribution in [0.15, 0.2) is 30.3 Å². The summed E-state index contributed by atoms with van der Waals surface area (Å²) >= 11 is 0. The van der Waals surface area contributed by atoms with Crippen molar-refractivity contribution in [1.82, 2.24) is 4.90 Å². The summed E-state index contributed by atoms with van der Waals surface area (Å²) < 4.78 is 6.33. The number of piperidine rings is 1. The van der Waals surface area contributed by atoms with Crippen molar-refractivity contribution in [3.63, 3.8) is 0 Å². The second-order valence-corrected chi connectivity index (χ2v) is 9.83. The Morgan fingerprint density at radius 1 is 1.12 bits per heavy atom. The van der Waals surface area contributed by atoms with Gasteiger partial charge in [-0.15, -0.1) is 0 Å². The van der Waals surface area contributed by atoms with Gasteiger partial charge in [0.25, 0.3) is 0 Å². The summed E-state index contributed by atoms with van der Waals surface area (Å²) in [7, 11) is 0. The number of nitriles is 1. The summed E-state index contributed by atoms with van der Waals surface area (Å²) in [4.78, 5) is 13.5. The van der Waals surface area contributed by atoms with Crippen LogP contribution in [-0.4, -0.2) is 41.7 Å². The first-order valence-electron chi connectivity index (χ1n) is 12.6. The van der Waals surface area contributed by atoms with Crippen LogP contribution in [0.2, 0.25) is 0 Å². The van der Waals surface area contributed by atoms with Crippen LogP contribution in [-0.2, 0) is 11.2 Å². The first kappa shape index (κ1) is 23.6. The van der Waals surface area contributed by atoms with Crippen molar-refractivity contribution in [2.75, 3.05) is 19.6 Å². The molecule has 0 amide bonds. The summed E-state index contributed by atoms with van der Waals surface area (Å²) in [6.45, 7) is 4.99. The Morgan fingerprint density at radius 2 is 1.85 bits per heavy atom. The van der Waals surface area contributed by atoms with E-state index >= 15 is 0 Å². The molecule has 0 bridgehead atoms. The third kappa shape index (κ3) is 5.86. The highest BCUT2D eigenvalue weighted by Crippen LogP contribution is 2.33. The Labute approximate surface area is 197 Å². The van der Waals surface area contributed by atoms with Crippen LogP contribution in [0.5, 0.6) is 5.75 Å². The highest BCUT2D eigenvalue weighted by atomic mass is 16.5. The lowest BCUT2D eigenvalue weighted by Crippen LogP contribution is -2.36. The number of carbonyl (C=O) groups is 1. The maximum atomic E-state index is 11.1. The molecule has 1 N–H and O–H groups in total. The van der Waals surface area contributed by atoms with E-state index in [4.69, 9.17) is 9.84 Å². The largest absolute Gasteiger partial charge is 0.489 e. The van der Waals surface area contributed by atoms with Crippen LogP contribution in [0.1, 0.15) is 69.4 Å². The summed E-state index contributed by atoms with van der Waals surface area (Å²) in [5.41, 5.74) is 1.89. The SMILES string of the molecule is CC[C@H]1CC[C@@H](Oc2ccc3ccc(CCCN4CCC(C(=O)O)CC4)cc3c2C#N)CC1. The van der Waals surface area contributed by atoms with E-state index in [2.05, 4.69) is 42.2 Å². The number of aliphatic carboxylic acids is 1. The molecule has 4 rings (SSSR count). The second-order valence-electron chi connectivity index (χ2n) is 9.83. The number of carboxylic acids is 1. The number of aryl methyl sites for hydroxylation is 1. The number of rotatable bonds is 8. The average Bonchev–Trinajstić information content (AvgIpc) is 2.84. The summed E-state index contributed by atoms with van der Waals surface area (Å²) in [6, 6.07) is 12.9. The van der Waals surface area contributed by atoms with Gasteiger partial charge in [0.2, 0.25) is 0 Å². The first-order valence-corrected chi connectivity index (χ1v) is 12.6. The molecular weight excluding hydrogens is 412 g/mol. The Hall–Kier alpha value is -2.58. The lowest BCUT2D eigenvalue weighted by Gasteiger charge is -2.29. The zero-order valence-electron chi connectivity index (χ0n) is 19.8. The van der Waals surface area contributed by atoms with Crippen LogP contribution < -0.4 is 4.74 Å². The van der Waals surface area contributed by atoms with Crippen LogP contribution in [0.3, 0.4) is 0 Å².